The minimum atomic E-state index is -0.148. The molecule has 0 spiro atoms. The van der Waals surface area contributed by atoms with E-state index in [4.69, 9.17) is 11.0 Å². The molecule has 0 unspecified atom stereocenters. The number of hydrogen-bond donors (Lipinski definition) is 1. The Hall–Kier alpha value is -1.04. The monoisotopic (exact) mass is 210 g/mol. The maximum Gasteiger partial charge on any atom is 0.0641 e. The summed E-state index contributed by atoms with van der Waals surface area (Å²) in [5, 5.41) is 8.53. The van der Waals surface area contributed by atoms with Gasteiger partial charge in [0.1, 0.15) is 0 Å². The number of hydrogen-bond acceptors (Lipinski definition) is 2. The third-order valence-electron chi connectivity index (χ3n) is 2.36. The van der Waals surface area contributed by atoms with Crippen molar-refractivity contribution in [1.82, 2.24) is 0 Å². The molecule has 0 bridgehead atoms. The second-order valence-corrected chi connectivity index (χ2v) is 3.26. The van der Waals surface area contributed by atoms with Crippen molar-refractivity contribution in [3.05, 3.63) is 34.9 Å². The van der Waals surface area contributed by atoms with Gasteiger partial charge in [0.05, 0.1) is 12.5 Å². The van der Waals surface area contributed by atoms with Crippen molar-refractivity contribution in [2.45, 2.75) is 26.3 Å². The van der Waals surface area contributed by atoms with Crippen LogP contribution in [0.1, 0.15) is 29.2 Å². The van der Waals surface area contributed by atoms with Crippen LogP contribution in [0.5, 0.6) is 0 Å². The Balaban J connectivity index is 0.00000169. The Morgan fingerprint density at radius 3 is 2.64 bits per heavy atom. The standard InChI is InChI=1S/C11H14N2.ClH/c1-8-4-3-5-10(9(8)2)11(13)6-7-12;/h3-5,11H,6,13H2,1-2H3;1H/t11-;/m1./s1. The van der Waals surface area contributed by atoms with Crippen molar-refractivity contribution < 1.29 is 0 Å². The lowest BCUT2D eigenvalue weighted by Gasteiger charge is -2.12. The van der Waals surface area contributed by atoms with Gasteiger partial charge in [0.2, 0.25) is 0 Å². The molecule has 0 fully saturated rings. The first kappa shape index (κ1) is 13.0. The first-order valence-corrected chi connectivity index (χ1v) is 4.35. The zero-order chi connectivity index (χ0) is 9.84. The van der Waals surface area contributed by atoms with E-state index in [9.17, 15) is 0 Å². The Morgan fingerprint density at radius 2 is 2.07 bits per heavy atom. The van der Waals surface area contributed by atoms with E-state index in [-0.39, 0.29) is 18.4 Å². The molecular formula is C11H15ClN2. The summed E-state index contributed by atoms with van der Waals surface area (Å²) >= 11 is 0. The zero-order valence-corrected chi connectivity index (χ0v) is 9.27. The molecule has 0 aromatic heterocycles. The molecule has 2 N–H and O–H groups in total. The topological polar surface area (TPSA) is 49.8 Å². The highest BCUT2D eigenvalue weighted by Crippen LogP contribution is 2.20. The smallest absolute Gasteiger partial charge is 0.0641 e. The van der Waals surface area contributed by atoms with Gasteiger partial charge in [-0.3, -0.25) is 0 Å². The van der Waals surface area contributed by atoms with Gasteiger partial charge in [-0.25, -0.2) is 0 Å². The molecule has 0 radical (unpaired) electrons. The molecule has 2 nitrogen and oxygen atoms in total. The Morgan fingerprint density at radius 1 is 1.43 bits per heavy atom. The summed E-state index contributed by atoms with van der Waals surface area (Å²) in [5.74, 6) is 0. The van der Waals surface area contributed by atoms with E-state index in [1.807, 2.05) is 19.1 Å². The molecule has 0 saturated heterocycles. The summed E-state index contributed by atoms with van der Waals surface area (Å²) in [6.45, 7) is 4.10. The van der Waals surface area contributed by atoms with Crippen LogP contribution in [0.4, 0.5) is 0 Å². The van der Waals surface area contributed by atoms with Crippen molar-refractivity contribution in [3.8, 4) is 6.07 Å². The lowest BCUT2D eigenvalue weighted by molar-refractivity contribution is 0.741. The first-order chi connectivity index (χ1) is 6.16. The van der Waals surface area contributed by atoms with Crippen LogP contribution in [0.15, 0.2) is 18.2 Å². The van der Waals surface area contributed by atoms with Gasteiger partial charge in [-0.2, -0.15) is 5.26 Å². The second-order valence-electron chi connectivity index (χ2n) is 3.26. The molecule has 14 heavy (non-hydrogen) atoms. The average molecular weight is 211 g/mol. The molecule has 1 aromatic rings. The lowest BCUT2D eigenvalue weighted by Crippen LogP contribution is -2.11. The summed E-state index contributed by atoms with van der Waals surface area (Å²) in [4.78, 5) is 0. The van der Waals surface area contributed by atoms with E-state index >= 15 is 0 Å². The molecule has 0 amide bonds. The number of benzene rings is 1. The van der Waals surface area contributed by atoms with Crippen LogP contribution < -0.4 is 5.73 Å². The van der Waals surface area contributed by atoms with Crippen molar-refractivity contribution in [3.63, 3.8) is 0 Å². The van der Waals surface area contributed by atoms with E-state index in [1.54, 1.807) is 0 Å². The summed E-state index contributed by atoms with van der Waals surface area (Å²) in [6, 6.07) is 7.96. The average Bonchev–Trinajstić information content (AvgIpc) is 2.10. The number of halogens is 1. The summed E-state index contributed by atoms with van der Waals surface area (Å²) < 4.78 is 0. The van der Waals surface area contributed by atoms with E-state index in [1.165, 1.54) is 11.1 Å². The van der Waals surface area contributed by atoms with Gasteiger partial charge in [0.25, 0.3) is 0 Å². The van der Waals surface area contributed by atoms with Crippen LogP contribution >= 0.6 is 12.4 Å². The summed E-state index contributed by atoms with van der Waals surface area (Å²) in [5.41, 5.74) is 9.36. The molecule has 3 heteroatoms. The van der Waals surface area contributed by atoms with Crippen LogP contribution in [0, 0.1) is 25.2 Å². The fraction of sp³-hybridized carbons (Fsp3) is 0.364. The van der Waals surface area contributed by atoms with E-state index in [2.05, 4.69) is 19.1 Å². The maximum atomic E-state index is 8.53. The van der Waals surface area contributed by atoms with Gasteiger partial charge in [0.15, 0.2) is 0 Å². The minimum absolute atomic E-state index is 0. The van der Waals surface area contributed by atoms with Gasteiger partial charge < -0.3 is 5.73 Å². The largest absolute Gasteiger partial charge is 0.323 e. The number of nitriles is 1. The van der Waals surface area contributed by atoms with Gasteiger partial charge in [0, 0.05) is 6.04 Å². The van der Waals surface area contributed by atoms with Crippen molar-refractivity contribution in [2.24, 2.45) is 5.73 Å². The Kier molecular flexibility index (Phi) is 5.22. The molecule has 0 aliphatic carbocycles. The normalized spacial score (nSPS) is 11.3. The minimum Gasteiger partial charge on any atom is -0.323 e. The third kappa shape index (κ3) is 2.73. The van der Waals surface area contributed by atoms with Crippen LogP contribution in [0.3, 0.4) is 0 Å². The van der Waals surface area contributed by atoms with Crippen LogP contribution in [0.25, 0.3) is 0 Å². The Bertz CT molecular complexity index is 342. The first-order valence-electron chi connectivity index (χ1n) is 4.35. The van der Waals surface area contributed by atoms with Gasteiger partial charge in [-0.15, -0.1) is 12.4 Å². The molecule has 1 aromatic carbocycles. The SMILES string of the molecule is Cc1cccc([C@H](N)CC#N)c1C.Cl. The highest BCUT2D eigenvalue weighted by Gasteiger charge is 2.08. The molecule has 0 saturated carbocycles. The molecule has 76 valence electrons. The third-order valence-corrected chi connectivity index (χ3v) is 2.36. The predicted molar refractivity (Wildman–Crippen MR) is 60.3 cm³/mol. The molecule has 1 atom stereocenters. The number of nitrogens with two attached hydrogens (primary N) is 1. The van der Waals surface area contributed by atoms with Crippen LogP contribution in [0.2, 0.25) is 0 Å². The van der Waals surface area contributed by atoms with Crippen molar-refractivity contribution >= 4 is 12.4 Å². The highest BCUT2D eigenvalue weighted by atomic mass is 35.5. The quantitative estimate of drug-likeness (QED) is 0.816. The molecule has 0 heterocycles. The fourth-order valence-corrected chi connectivity index (χ4v) is 1.38. The van der Waals surface area contributed by atoms with Crippen LogP contribution in [-0.2, 0) is 0 Å². The zero-order valence-electron chi connectivity index (χ0n) is 8.45. The molecule has 0 aliphatic rings. The van der Waals surface area contributed by atoms with Crippen LogP contribution in [-0.4, -0.2) is 0 Å². The molecule has 1 rings (SSSR count). The van der Waals surface area contributed by atoms with E-state index in [0.29, 0.717) is 6.42 Å². The van der Waals surface area contributed by atoms with Crippen molar-refractivity contribution in [2.75, 3.05) is 0 Å². The summed E-state index contributed by atoms with van der Waals surface area (Å²) in [7, 11) is 0. The Labute approximate surface area is 91.1 Å². The number of nitrogens with zero attached hydrogens (tertiary/aromatic N) is 1. The number of aryl methyl sites for hydroxylation is 1. The fourth-order valence-electron chi connectivity index (χ4n) is 1.38. The summed E-state index contributed by atoms with van der Waals surface area (Å²) in [6.07, 6.45) is 0.379. The van der Waals surface area contributed by atoms with Gasteiger partial charge in [-0.05, 0) is 30.5 Å². The van der Waals surface area contributed by atoms with E-state index in [0.717, 1.165) is 5.56 Å². The second kappa shape index (κ2) is 5.64. The lowest BCUT2D eigenvalue weighted by atomic mass is 9.97. The maximum absolute atomic E-state index is 8.53. The van der Waals surface area contributed by atoms with E-state index < -0.39 is 0 Å². The predicted octanol–water partition coefficient (Wildman–Crippen LogP) is 2.64. The molecular weight excluding hydrogens is 196 g/mol. The highest BCUT2D eigenvalue weighted by molar-refractivity contribution is 5.85. The number of rotatable bonds is 2. The van der Waals surface area contributed by atoms with Gasteiger partial charge in [-0.1, -0.05) is 18.2 Å². The van der Waals surface area contributed by atoms with Gasteiger partial charge >= 0.3 is 0 Å². The molecule has 0 aliphatic heterocycles. The van der Waals surface area contributed by atoms with Crippen molar-refractivity contribution in [1.29, 1.82) is 5.26 Å².